The Kier molecular flexibility index (Phi) is 8.85. The predicted molar refractivity (Wildman–Crippen MR) is 137 cm³/mol. The van der Waals surface area contributed by atoms with Gasteiger partial charge in [0.2, 0.25) is 0 Å². The third-order valence-electron chi connectivity index (χ3n) is 8.41. The lowest BCUT2D eigenvalue weighted by Crippen LogP contribution is -2.17. The van der Waals surface area contributed by atoms with Gasteiger partial charge in [-0.3, -0.25) is 0 Å². The molecule has 2 aliphatic carbocycles. The molecular weight excluding hydrogens is 388 g/mol. The molecule has 0 aliphatic heterocycles. The molecular formula is C31H44O. The molecule has 2 aliphatic rings. The molecule has 1 nitrogen and oxygen atoms in total. The van der Waals surface area contributed by atoms with E-state index in [0.29, 0.717) is 0 Å². The van der Waals surface area contributed by atoms with Gasteiger partial charge in [-0.05, 0) is 97.3 Å². The lowest BCUT2D eigenvalue weighted by molar-refractivity contribution is 0.127. The Morgan fingerprint density at radius 1 is 0.719 bits per heavy atom. The average molecular weight is 433 g/mol. The van der Waals surface area contributed by atoms with Crippen molar-refractivity contribution in [3.63, 3.8) is 0 Å². The number of unbranched alkanes of at least 4 members (excludes halogenated alkanes) is 2. The lowest BCUT2D eigenvalue weighted by atomic mass is 9.75. The molecule has 0 aromatic heterocycles. The highest BCUT2D eigenvalue weighted by Gasteiger charge is 2.25. The van der Waals surface area contributed by atoms with Gasteiger partial charge in [-0.1, -0.05) is 81.1 Å². The molecule has 0 saturated heterocycles. The SMILES string of the molecule is CCCCCC1CCC(c2ccccc2-c2ccc(C3CCC(COC)CC3)cc2)CC1. The normalized spacial score (nSPS) is 26.2. The molecule has 2 fully saturated rings. The van der Waals surface area contributed by atoms with Crippen molar-refractivity contribution in [2.45, 2.75) is 95.8 Å². The first-order valence-electron chi connectivity index (χ1n) is 13.5. The second-order valence-corrected chi connectivity index (χ2v) is 10.6. The third kappa shape index (κ3) is 6.04. The Labute approximate surface area is 197 Å². The molecule has 0 spiro atoms. The summed E-state index contributed by atoms with van der Waals surface area (Å²) in [7, 11) is 1.84. The fourth-order valence-electron chi connectivity index (χ4n) is 6.39. The van der Waals surface area contributed by atoms with Crippen molar-refractivity contribution in [2.75, 3.05) is 13.7 Å². The molecule has 0 radical (unpaired) electrons. The molecule has 0 amide bonds. The largest absolute Gasteiger partial charge is 0.384 e. The number of methoxy groups -OCH3 is 1. The van der Waals surface area contributed by atoms with Gasteiger partial charge in [0.1, 0.15) is 0 Å². The van der Waals surface area contributed by atoms with E-state index in [9.17, 15) is 0 Å². The van der Waals surface area contributed by atoms with Crippen molar-refractivity contribution in [1.82, 2.24) is 0 Å². The van der Waals surface area contributed by atoms with Gasteiger partial charge in [0.25, 0.3) is 0 Å². The third-order valence-corrected chi connectivity index (χ3v) is 8.41. The Hall–Kier alpha value is -1.60. The molecule has 32 heavy (non-hydrogen) atoms. The van der Waals surface area contributed by atoms with Gasteiger partial charge < -0.3 is 4.74 Å². The van der Waals surface area contributed by atoms with Gasteiger partial charge >= 0.3 is 0 Å². The van der Waals surface area contributed by atoms with Gasteiger partial charge in [-0.2, -0.15) is 0 Å². The van der Waals surface area contributed by atoms with E-state index in [4.69, 9.17) is 4.74 Å². The summed E-state index contributed by atoms with van der Waals surface area (Å²) < 4.78 is 5.38. The highest BCUT2D eigenvalue weighted by Crippen LogP contribution is 2.42. The number of hydrogen-bond donors (Lipinski definition) is 0. The van der Waals surface area contributed by atoms with Crippen molar-refractivity contribution in [2.24, 2.45) is 11.8 Å². The van der Waals surface area contributed by atoms with Crippen molar-refractivity contribution in [3.05, 3.63) is 59.7 Å². The van der Waals surface area contributed by atoms with Crippen LogP contribution in [-0.2, 0) is 4.74 Å². The average Bonchev–Trinajstić information content (AvgIpc) is 2.86. The highest BCUT2D eigenvalue weighted by atomic mass is 16.5. The van der Waals surface area contributed by atoms with Crippen LogP contribution < -0.4 is 0 Å². The lowest BCUT2D eigenvalue weighted by Gasteiger charge is -2.30. The maximum Gasteiger partial charge on any atom is 0.0490 e. The highest BCUT2D eigenvalue weighted by molar-refractivity contribution is 5.68. The Morgan fingerprint density at radius 2 is 1.38 bits per heavy atom. The summed E-state index contributed by atoms with van der Waals surface area (Å²) >= 11 is 0. The second kappa shape index (κ2) is 12.0. The second-order valence-electron chi connectivity index (χ2n) is 10.6. The molecule has 0 unspecified atom stereocenters. The molecule has 0 bridgehead atoms. The first kappa shape index (κ1) is 23.6. The quantitative estimate of drug-likeness (QED) is 0.359. The number of hydrogen-bond acceptors (Lipinski definition) is 1. The Balaban J connectivity index is 1.39. The van der Waals surface area contributed by atoms with Gasteiger partial charge in [-0.25, -0.2) is 0 Å². The number of benzene rings is 2. The number of rotatable bonds is 9. The summed E-state index contributed by atoms with van der Waals surface area (Å²) in [6.07, 6.45) is 16.5. The fourth-order valence-corrected chi connectivity index (χ4v) is 6.39. The zero-order valence-electron chi connectivity index (χ0n) is 20.5. The van der Waals surface area contributed by atoms with Gasteiger partial charge in [0.05, 0.1) is 0 Å². The van der Waals surface area contributed by atoms with E-state index in [1.807, 2.05) is 7.11 Å². The molecule has 2 aromatic carbocycles. The van der Waals surface area contributed by atoms with Crippen LogP contribution >= 0.6 is 0 Å². The van der Waals surface area contributed by atoms with E-state index in [0.717, 1.165) is 30.3 Å². The van der Waals surface area contributed by atoms with Crippen LogP contribution in [0.3, 0.4) is 0 Å². The molecule has 4 rings (SSSR count). The van der Waals surface area contributed by atoms with Crippen LogP contribution in [0.15, 0.2) is 48.5 Å². The summed E-state index contributed by atoms with van der Waals surface area (Å²) in [4.78, 5) is 0. The molecule has 0 heterocycles. The van der Waals surface area contributed by atoms with E-state index in [1.54, 1.807) is 5.56 Å². The van der Waals surface area contributed by atoms with E-state index in [-0.39, 0.29) is 0 Å². The first-order chi connectivity index (χ1) is 15.8. The van der Waals surface area contributed by atoms with Crippen LogP contribution in [-0.4, -0.2) is 13.7 Å². The molecule has 174 valence electrons. The van der Waals surface area contributed by atoms with E-state index in [1.165, 1.54) is 93.7 Å². The van der Waals surface area contributed by atoms with E-state index in [2.05, 4.69) is 55.5 Å². The van der Waals surface area contributed by atoms with Crippen LogP contribution in [0.4, 0.5) is 0 Å². The minimum atomic E-state index is 0.732. The van der Waals surface area contributed by atoms with E-state index < -0.39 is 0 Å². The summed E-state index contributed by atoms with van der Waals surface area (Å²) in [6.45, 7) is 3.25. The van der Waals surface area contributed by atoms with Gasteiger partial charge in [0, 0.05) is 13.7 Å². The maximum atomic E-state index is 5.38. The smallest absolute Gasteiger partial charge is 0.0490 e. The Morgan fingerprint density at radius 3 is 2.06 bits per heavy atom. The van der Waals surface area contributed by atoms with Gasteiger partial charge in [0.15, 0.2) is 0 Å². The van der Waals surface area contributed by atoms with Crippen LogP contribution in [0.2, 0.25) is 0 Å². The minimum absolute atomic E-state index is 0.732. The first-order valence-corrected chi connectivity index (χ1v) is 13.5. The zero-order valence-corrected chi connectivity index (χ0v) is 20.5. The standard InChI is InChI=1S/C31H44O/c1-3-4-5-8-24-11-17-28(18-12-24)30-9-6-7-10-31(30)29-21-19-27(20-22-29)26-15-13-25(14-16-26)23-32-2/h6-7,9-10,19-22,24-26,28H,3-5,8,11-18,23H2,1-2H3. The van der Waals surface area contributed by atoms with Crippen molar-refractivity contribution in [3.8, 4) is 11.1 Å². The Bertz CT molecular complexity index is 791. The summed E-state index contributed by atoms with van der Waals surface area (Å²) in [5.41, 5.74) is 6.00. The van der Waals surface area contributed by atoms with Crippen molar-refractivity contribution in [1.29, 1.82) is 0 Å². The molecule has 0 N–H and O–H groups in total. The molecule has 2 aromatic rings. The maximum absolute atomic E-state index is 5.38. The van der Waals surface area contributed by atoms with Crippen molar-refractivity contribution < 1.29 is 4.74 Å². The minimum Gasteiger partial charge on any atom is -0.384 e. The van der Waals surface area contributed by atoms with Crippen LogP contribution in [0.25, 0.3) is 11.1 Å². The molecule has 1 heteroatoms. The summed E-state index contributed by atoms with van der Waals surface area (Å²) in [6, 6.07) is 18.9. The van der Waals surface area contributed by atoms with Crippen LogP contribution in [0.1, 0.15) is 107 Å². The number of ether oxygens (including phenoxy) is 1. The topological polar surface area (TPSA) is 9.23 Å². The van der Waals surface area contributed by atoms with Crippen LogP contribution in [0.5, 0.6) is 0 Å². The van der Waals surface area contributed by atoms with Crippen molar-refractivity contribution >= 4 is 0 Å². The molecule has 2 saturated carbocycles. The predicted octanol–water partition coefficient (Wildman–Crippen LogP) is 9.13. The summed E-state index contributed by atoms with van der Waals surface area (Å²) in [5, 5.41) is 0. The van der Waals surface area contributed by atoms with Crippen LogP contribution in [0, 0.1) is 11.8 Å². The molecule has 0 atom stereocenters. The van der Waals surface area contributed by atoms with Gasteiger partial charge in [-0.15, -0.1) is 0 Å². The summed E-state index contributed by atoms with van der Waals surface area (Å²) in [5.74, 6) is 3.21. The fraction of sp³-hybridized carbons (Fsp3) is 0.613. The monoisotopic (exact) mass is 432 g/mol. The van der Waals surface area contributed by atoms with E-state index >= 15 is 0 Å². The zero-order chi connectivity index (χ0) is 22.2.